The van der Waals surface area contributed by atoms with Crippen molar-refractivity contribution in [1.29, 1.82) is 0 Å². The number of nitrogens with one attached hydrogen (secondary N) is 1. The number of likely N-dealkylation sites (N-methyl/N-ethyl adjacent to an activating group) is 1. The topological polar surface area (TPSA) is 69.6 Å². The second-order valence-electron chi connectivity index (χ2n) is 6.12. The number of aliphatic hydroxyl groups is 1. The maximum atomic E-state index is 12.1. The highest BCUT2D eigenvalue weighted by Gasteiger charge is 2.29. The smallest absolute Gasteiger partial charge is 0.211 e. The molecule has 0 spiro atoms. The molecule has 6 heteroatoms. The van der Waals surface area contributed by atoms with Crippen LogP contribution in [0.3, 0.4) is 0 Å². The van der Waals surface area contributed by atoms with E-state index < -0.39 is 10.0 Å². The molecule has 0 aromatic heterocycles. The first-order valence-corrected chi connectivity index (χ1v) is 8.97. The van der Waals surface area contributed by atoms with E-state index in [2.05, 4.69) is 4.72 Å². The fraction of sp³-hybridized carbons (Fsp3) is 1.00. The van der Waals surface area contributed by atoms with Crippen LogP contribution in [0.2, 0.25) is 0 Å². The monoisotopic (exact) mass is 290 g/mol. The zero-order chi connectivity index (χ0) is 13.9. The SMILES string of the molecule is CN1C[C@H](O)C[C@H]1CNS(=O)(=O)CC1CCCCC1. The molecule has 2 rings (SSSR count). The van der Waals surface area contributed by atoms with E-state index >= 15 is 0 Å². The van der Waals surface area contributed by atoms with Gasteiger partial charge in [-0.1, -0.05) is 19.3 Å². The molecule has 2 fully saturated rings. The highest BCUT2D eigenvalue weighted by atomic mass is 32.2. The number of hydrogen-bond acceptors (Lipinski definition) is 4. The molecule has 5 nitrogen and oxygen atoms in total. The quantitative estimate of drug-likeness (QED) is 0.776. The Labute approximate surface area is 116 Å². The summed E-state index contributed by atoms with van der Waals surface area (Å²) in [5.41, 5.74) is 0. The summed E-state index contributed by atoms with van der Waals surface area (Å²) < 4.78 is 26.8. The van der Waals surface area contributed by atoms with Crippen LogP contribution in [-0.4, -0.2) is 56.5 Å². The maximum absolute atomic E-state index is 12.1. The van der Waals surface area contributed by atoms with Crippen molar-refractivity contribution in [3.63, 3.8) is 0 Å². The van der Waals surface area contributed by atoms with Gasteiger partial charge in [-0.15, -0.1) is 0 Å². The first-order valence-electron chi connectivity index (χ1n) is 7.32. The third kappa shape index (κ3) is 4.70. The number of sulfonamides is 1. The van der Waals surface area contributed by atoms with Crippen molar-refractivity contribution in [2.75, 3.05) is 25.9 Å². The minimum absolute atomic E-state index is 0.121. The molecule has 2 N–H and O–H groups in total. The van der Waals surface area contributed by atoms with Gasteiger partial charge in [0.15, 0.2) is 0 Å². The van der Waals surface area contributed by atoms with Crippen LogP contribution in [0, 0.1) is 5.92 Å². The van der Waals surface area contributed by atoms with Gasteiger partial charge in [-0.2, -0.15) is 0 Å². The molecule has 2 aliphatic rings. The summed E-state index contributed by atoms with van der Waals surface area (Å²) in [5.74, 6) is 0.601. The Morgan fingerprint density at radius 3 is 2.53 bits per heavy atom. The Kier molecular flexibility index (Phi) is 5.22. The zero-order valence-corrected chi connectivity index (χ0v) is 12.5. The lowest BCUT2D eigenvalue weighted by Crippen LogP contribution is -2.40. The fourth-order valence-electron chi connectivity index (χ4n) is 3.24. The largest absolute Gasteiger partial charge is 0.392 e. The van der Waals surface area contributed by atoms with Crippen molar-refractivity contribution in [1.82, 2.24) is 9.62 Å². The van der Waals surface area contributed by atoms with Gasteiger partial charge in [0, 0.05) is 19.1 Å². The summed E-state index contributed by atoms with van der Waals surface area (Å²) in [6.45, 7) is 1.05. The maximum Gasteiger partial charge on any atom is 0.211 e. The van der Waals surface area contributed by atoms with Crippen LogP contribution in [0.4, 0.5) is 0 Å². The van der Waals surface area contributed by atoms with Crippen LogP contribution in [0.15, 0.2) is 0 Å². The molecule has 1 heterocycles. The van der Waals surface area contributed by atoms with Crippen molar-refractivity contribution in [2.24, 2.45) is 5.92 Å². The molecule has 1 aliphatic heterocycles. The molecule has 0 amide bonds. The van der Waals surface area contributed by atoms with Gasteiger partial charge in [-0.25, -0.2) is 13.1 Å². The highest BCUT2D eigenvalue weighted by molar-refractivity contribution is 7.89. The molecule has 0 aromatic carbocycles. The van der Waals surface area contributed by atoms with Gasteiger partial charge >= 0.3 is 0 Å². The standard InChI is InChI=1S/C13H26N2O3S/c1-15-9-13(16)7-12(15)8-14-19(17,18)10-11-5-3-2-4-6-11/h11-14,16H,2-10H2,1H3/t12-,13+/m0/s1. The third-order valence-corrected chi connectivity index (χ3v) is 5.90. The lowest BCUT2D eigenvalue weighted by Gasteiger charge is -2.23. The van der Waals surface area contributed by atoms with E-state index in [1.54, 1.807) is 0 Å². The van der Waals surface area contributed by atoms with E-state index in [9.17, 15) is 13.5 Å². The van der Waals surface area contributed by atoms with Crippen LogP contribution in [0.5, 0.6) is 0 Å². The molecule has 0 radical (unpaired) electrons. The molecule has 0 unspecified atom stereocenters. The minimum Gasteiger partial charge on any atom is -0.392 e. The summed E-state index contributed by atoms with van der Waals surface area (Å²) in [6.07, 6.45) is 6.00. The Bertz CT molecular complexity index is 379. The molecule has 1 saturated carbocycles. The highest BCUT2D eigenvalue weighted by Crippen LogP contribution is 2.24. The number of β-amino-alcohol motifs (C(OH)–C–C–N with tert-alkyl or cyclic N) is 1. The Balaban J connectivity index is 1.77. The Morgan fingerprint density at radius 2 is 1.95 bits per heavy atom. The van der Waals surface area contributed by atoms with E-state index in [-0.39, 0.29) is 17.9 Å². The number of rotatable bonds is 5. The zero-order valence-electron chi connectivity index (χ0n) is 11.7. The number of likely N-dealkylation sites (tertiary alicyclic amines) is 1. The Hall–Kier alpha value is -0.170. The van der Waals surface area contributed by atoms with Gasteiger partial charge in [0.05, 0.1) is 11.9 Å². The summed E-state index contributed by atoms with van der Waals surface area (Å²) in [6, 6.07) is 0.121. The summed E-state index contributed by atoms with van der Waals surface area (Å²) in [7, 11) is -1.24. The first kappa shape index (κ1) is 15.2. The van der Waals surface area contributed by atoms with Crippen molar-refractivity contribution in [3.8, 4) is 0 Å². The Morgan fingerprint density at radius 1 is 1.26 bits per heavy atom. The number of aliphatic hydroxyl groups excluding tert-OH is 1. The van der Waals surface area contributed by atoms with Crippen LogP contribution in [0.1, 0.15) is 38.5 Å². The van der Waals surface area contributed by atoms with Crippen molar-refractivity contribution in [3.05, 3.63) is 0 Å². The van der Waals surface area contributed by atoms with Gasteiger partial charge in [0.25, 0.3) is 0 Å². The second-order valence-corrected chi connectivity index (χ2v) is 7.97. The summed E-state index contributed by atoms with van der Waals surface area (Å²) >= 11 is 0. The van der Waals surface area contributed by atoms with Crippen LogP contribution in [0.25, 0.3) is 0 Å². The van der Waals surface area contributed by atoms with Gasteiger partial charge in [0.1, 0.15) is 0 Å². The number of nitrogens with zero attached hydrogens (tertiary/aromatic N) is 1. The van der Waals surface area contributed by atoms with Gasteiger partial charge in [-0.3, -0.25) is 4.90 Å². The van der Waals surface area contributed by atoms with E-state index in [1.165, 1.54) is 6.42 Å². The molecular weight excluding hydrogens is 264 g/mol. The average molecular weight is 290 g/mol. The molecule has 0 bridgehead atoms. The van der Waals surface area contributed by atoms with Gasteiger partial charge < -0.3 is 5.11 Å². The van der Waals surface area contributed by atoms with Crippen LogP contribution < -0.4 is 4.72 Å². The molecular formula is C13H26N2O3S. The summed E-state index contributed by atoms with van der Waals surface area (Å²) in [5, 5.41) is 9.54. The van der Waals surface area contributed by atoms with E-state index in [4.69, 9.17) is 0 Å². The van der Waals surface area contributed by atoms with Gasteiger partial charge in [-0.05, 0) is 32.2 Å². The van der Waals surface area contributed by atoms with Crippen LogP contribution in [-0.2, 0) is 10.0 Å². The molecule has 112 valence electrons. The van der Waals surface area contributed by atoms with Crippen LogP contribution >= 0.6 is 0 Å². The van der Waals surface area contributed by atoms with E-state index in [0.29, 0.717) is 25.4 Å². The second kappa shape index (κ2) is 6.52. The molecule has 2 atom stereocenters. The lowest BCUT2D eigenvalue weighted by atomic mass is 9.91. The minimum atomic E-state index is -3.17. The molecule has 1 aliphatic carbocycles. The fourth-order valence-corrected chi connectivity index (χ4v) is 4.75. The summed E-state index contributed by atoms with van der Waals surface area (Å²) in [4.78, 5) is 2.02. The lowest BCUT2D eigenvalue weighted by molar-refractivity contribution is 0.182. The van der Waals surface area contributed by atoms with E-state index in [0.717, 1.165) is 25.7 Å². The average Bonchev–Trinajstić information content (AvgIpc) is 2.66. The molecule has 1 saturated heterocycles. The predicted octanol–water partition coefficient (Wildman–Crippen LogP) is 0.551. The predicted molar refractivity (Wildman–Crippen MR) is 75.4 cm³/mol. The normalized spacial score (nSPS) is 30.8. The van der Waals surface area contributed by atoms with Gasteiger partial charge in [0.2, 0.25) is 10.0 Å². The first-order chi connectivity index (χ1) is 8.96. The van der Waals surface area contributed by atoms with Crippen molar-refractivity contribution >= 4 is 10.0 Å². The molecule has 19 heavy (non-hydrogen) atoms. The molecule has 0 aromatic rings. The number of hydrogen-bond donors (Lipinski definition) is 2. The van der Waals surface area contributed by atoms with Crippen molar-refractivity contribution < 1.29 is 13.5 Å². The third-order valence-electron chi connectivity index (χ3n) is 4.38. The van der Waals surface area contributed by atoms with E-state index in [1.807, 2.05) is 11.9 Å². The van der Waals surface area contributed by atoms with Crippen molar-refractivity contribution in [2.45, 2.75) is 50.7 Å².